The monoisotopic (exact) mass is 375 g/mol. The lowest BCUT2D eigenvalue weighted by atomic mass is 10.2. The normalized spacial score (nSPS) is 10.3. The van der Waals surface area contributed by atoms with Gasteiger partial charge in [-0.2, -0.15) is 0 Å². The molecule has 0 atom stereocenters. The smallest absolute Gasteiger partial charge is 0.257 e. The third kappa shape index (κ3) is 3.48. The molecular weight excluding hydrogens is 368 g/mol. The molecule has 0 aliphatic rings. The van der Waals surface area contributed by atoms with Gasteiger partial charge in [0.2, 0.25) is 0 Å². The number of amides is 1. The molecule has 0 saturated carbocycles. The number of nitrogens with zero attached hydrogens (tertiary/aromatic N) is 1. The maximum atomic E-state index is 13.6. The Hall–Kier alpha value is -1.73. The molecule has 1 aromatic carbocycles. The van der Waals surface area contributed by atoms with E-state index in [1.807, 2.05) is 0 Å². The fourth-order valence-corrected chi connectivity index (χ4v) is 2.36. The summed E-state index contributed by atoms with van der Waals surface area (Å²) in [4.78, 5) is 16.0. The number of hydrogen-bond donors (Lipinski definition) is 2. The third-order valence-corrected chi connectivity index (χ3v) is 3.50. The van der Waals surface area contributed by atoms with Gasteiger partial charge >= 0.3 is 0 Å². The molecule has 0 bridgehead atoms. The van der Waals surface area contributed by atoms with Crippen molar-refractivity contribution >= 4 is 44.9 Å². The predicted octanol–water partition coefficient (Wildman–Crippen LogP) is 4.07. The average molecular weight is 377 g/mol. The average Bonchev–Trinajstić information content (AvgIpc) is 2.42. The lowest BCUT2D eigenvalue weighted by Crippen LogP contribution is -2.14. The van der Waals surface area contributed by atoms with E-state index in [1.54, 1.807) is 7.05 Å². The van der Waals surface area contributed by atoms with Gasteiger partial charge in [-0.05, 0) is 28.1 Å². The Morgan fingerprint density at radius 3 is 2.62 bits per heavy atom. The van der Waals surface area contributed by atoms with Gasteiger partial charge < -0.3 is 10.6 Å². The molecule has 2 N–H and O–H groups in total. The van der Waals surface area contributed by atoms with Crippen molar-refractivity contribution in [3.8, 4) is 0 Å². The zero-order valence-electron chi connectivity index (χ0n) is 10.7. The lowest BCUT2D eigenvalue weighted by molar-refractivity contribution is 0.102. The minimum Gasteiger partial charge on any atom is -0.372 e. The van der Waals surface area contributed by atoms with E-state index in [9.17, 15) is 13.6 Å². The van der Waals surface area contributed by atoms with Gasteiger partial charge in [-0.1, -0.05) is 11.6 Å². The summed E-state index contributed by atoms with van der Waals surface area (Å²) in [7, 11) is 1.64. The van der Waals surface area contributed by atoms with Crippen molar-refractivity contribution in [1.29, 1.82) is 0 Å². The molecule has 0 unspecified atom stereocenters. The SMILES string of the molecule is CNc1ncc(C(=O)Nc2c(F)cc(F)cc2Br)cc1Cl. The first-order valence-electron chi connectivity index (χ1n) is 5.71. The van der Waals surface area contributed by atoms with Gasteiger partial charge in [-0.25, -0.2) is 13.8 Å². The number of benzene rings is 1. The van der Waals surface area contributed by atoms with Crippen molar-refractivity contribution < 1.29 is 13.6 Å². The van der Waals surface area contributed by atoms with Crippen LogP contribution in [0.15, 0.2) is 28.9 Å². The van der Waals surface area contributed by atoms with Gasteiger partial charge in [0.05, 0.1) is 16.3 Å². The highest BCUT2D eigenvalue weighted by Gasteiger charge is 2.15. The van der Waals surface area contributed by atoms with Crippen LogP contribution in [0.5, 0.6) is 0 Å². The van der Waals surface area contributed by atoms with E-state index in [2.05, 4.69) is 31.5 Å². The standard InChI is InChI=1S/C13H9BrClF2N3O/c1-18-12-9(15)2-6(5-19-12)13(21)20-11-8(14)3-7(16)4-10(11)17/h2-5H,1H3,(H,18,19)(H,20,21). The molecule has 0 radical (unpaired) electrons. The van der Waals surface area contributed by atoms with E-state index in [0.29, 0.717) is 11.9 Å². The Bertz CT molecular complexity index is 689. The summed E-state index contributed by atoms with van der Waals surface area (Å²) in [5.74, 6) is -1.83. The number of pyridine rings is 1. The Morgan fingerprint density at radius 1 is 1.33 bits per heavy atom. The fourth-order valence-electron chi connectivity index (χ4n) is 1.59. The number of hydrogen-bond acceptors (Lipinski definition) is 3. The summed E-state index contributed by atoms with van der Waals surface area (Å²) in [6.45, 7) is 0. The number of aromatic nitrogens is 1. The van der Waals surface area contributed by atoms with E-state index < -0.39 is 17.5 Å². The third-order valence-electron chi connectivity index (χ3n) is 2.59. The van der Waals surface area contributed by atoms with Crippen LogP contribution in [0, 0.1) is 11.6 Å². The highest BCUT2D eigenvalue weighted by molar-refractivity contribution is 9.10. The number of anilines is 2. The van der Waals surface area contributed by atoms with E-state index >= 15 is 0 Å². The van der Waals surface area contributed by atoms with Gasteiger partial charge in [-0.15, -0.1) is 0 Å². The van der Waals surface area contributed by atoms with Crippen molar-refractivity contribution in [3.05, 3.63) is 51.1 Å². The van der Waals surface area contributed by atoms with Crippen LogP contribution >= 0.6 is 27.5 Å². The largest absolute Gasteiger partial charge is 0.372 e. The second kappa shape index (κ2) is 6.36. The Kier molecular flexibility index (Phi) is 4.74. The summed E-state index contributed by atoms with van der Waals surface area (Å²) in [5, 5.41) is 5.35. The quantitative estimate of drug-likeness (QED) is 0.849. The Labute approximate surface area is 132 Å². The number of rotatable bonds is 3. The highest BCUT2D eigenvalue weighted by atomic mass is 79.9. The summed E-state index contributed by atoms with van der Waals surface area (Å²) < 4.78 is 26.7. The fraction of sp³-hybridized carbons (Fsp3) is 0.0769. The second-order valence-electron chi connectivity index (χ2n) is 4.00. The first kappa shape index (κ1) is 15.7. The van der Waals surface area contributed by atoms with Crippen molar-refractivity contribution in [2.75, 3.05) is 17.7 Å². The van der Waals surface area contributed by atoms with E-state index in [0.717, 1.165) is 6.07 Å². The van der Waals surface area contributed by atoms with Crippen molar-refractivity contribution in [2.45, 2.75) is 0 Å². The van der Waals surface area contributed by atoms with Crippen LogP contribution in [-0.4, -0.2) is 17.9 Å². The number of halogens is 4. The van der Waals surface area contributed by atoms with Crippen LogP contribution in [-0.2, 0) is 0 Å². The molecule has 1 amide bonds. The molecule has 0 aliphatic carbocycles. The number of carbonyl (C=O) groups excluding carboxylic acids is 1. The molecule has 21 heavy (non-hydrogen) atoms. The van der Waals surface area contributed by atoms with Crippen molar-refractivity contribution in [1.82, 2.24) is 4.98 Å². The first-order valence-corrected chi connectivity index (χ1v) is 6.88. The summed E-state index contributed by atoms with van der Waals surface area (Å²) >= 11 is 8.91. The molecule has 0 aliphatic heterocycles. The van der Waals surface area contributed by atoms with Crippen molar-refractivity contribution in [2.24, 2.45) is 0 Å². The first-order chi connectivity index (χ1) is 9.92. The topological polar surface area (TPSA) is 54.0 Å². The minimum atomic E-state index is -0.888. The Balaban J connectivity index is 2.28. The Morgan fingerprint density at radius 2 is 2.05 bits per heavy atom. The molecule has 0 spiro atoms. The minimum absolute atomic E-state index is 0.0965. The highest BCUT2D eigenvalue weighted by Crippen LogP contribution is 2.28. The van der Waals surface area contributed by atoms with Gasteiger partial charge in [0.25, 0.3) is 5.91 Å². The van der Waals surface area contributed by atoms with Gasteiger partial charge in [0.15, 0.2) is 5.82 Å². The van der Waals surface area contributed by atoms with E-state index in [1.165, 1.54) is 12.3 Å². The van der Waals surface area contributed by atoms with Gasteiger partial charge in [0.1, 0.15) is 11.6 Å². The molecular formula is C13H9BrClF2N3O. The summed E-state index contributed by atoms with van der Waals surface area (Å²) in [5.41, 5.74) is -0.00941. The molecule has 2 rings (SSSR count). The van der Waals surface area contributed by atoms with E-state index in [4.69, 9.17) is 11.6 Å². The van der Waals surface area contributed by atoms with Gasteiger partial charge in [0, 0.05) is 23.8 Å². The van der Waals surface area contributed by atoms with Crippen molar-refractivity contribution in [3.63, 3.8) is 0 Å². The zero-order chi connectivity index (χ0) is 15.6. The van der Waals surface area contributed by atoms with Crippen LogP contribution in [0.25, 0.3) is 0 Å². The number of nitrogens with one attached hydrogen (secondary N) is 2. The van der Waals surface area contributed by atoms with Crippen LogP contribution in [0.3, 0.4) is 0 Å². The molecule has 2 aromatic rings. The summed E-state index contributed by atoms with van der Waals surface area (Å²) in [6.07, 6.45) is 1.29. The van der Waals surface area contributed by atoms with Crippen LogP contribution in [0.1, 0.15) is 10.4 Å². The molecule has 0 fully saturated rings. The molecule has 1 heterocycles. The van der Waals surface area contributed by atoms with Crippen LogP contribution in [0.4, 0.5) is 20.3 Å². The van der Waals surface area contributed by atoms with Crippen LogP contribution in [0.2, 0.25) is 5.02 Å². The molecule has 110 valence electrons. The summed E-state index contributed by atoms with van der Waals surface area (Å²) in [6, 6.07) is 3.12. The predicted molar refractivity (Wildman–Crippen MR) is 80.8 cm³/mol. The van der Waals surface area contributed by atoms with Crippen LogP contribution < -0.4 is 10.6 Å². The lowest BCUT2D eigenvalue weighted by Gasteiger charge is -2.10. The maximum absolute atomic E-state index is 13.6. The number of carbonyl (C=O) groups is 1. The molecule has 8 heteroatoms. The maximum Gasteiger partial charge on any atom is 0.257 e. The van der Waals surface area contributed by atoms with E-state index in [-0.39, 0.29) is 20.7 Å². The molecule has 0 saturated heterocycles. The molecule has 4 nitrogen and oxygen atoms in total. The molecule has 1 aromatic heterocycles. The second-order valence-corrected chi connectivity index (χ2v) is 5.26. The van der Waals surface area contributed by atoms with Gasteiger partial charge in [-0.3, -0.25) is 4.79 Å². The zero-order valence-corrected chi connectivity index (χ0v) is 13.0.